The molecule has 17 heavy (non-hydrogen) atoms. The van der Waals surface area contributed by atoms with Gasteiger partial charge in [0.15, 0.2) is 0 Å². The fourth-order valence-electron chi connectivity index (χ4n) is 1.18. The molecule has 96 valence electrons. The molecule has 0 aliphatic rings. The van der Waals surface area contributed by atoms with E-state index in [0.717, 1.165) is 0 Å². The molecule has 3 nitrogen and oxygen atoms in total. The molecule has 0 heterocycles. The van der Waals surface area contributed by atoms with E-state index in [1.807, 2.05) is 0 Å². The Kier molecular flexibility index (Phi) is 5.04. The summed E-state index contributed by atoms with van der Waals surface area (Å²) in [5.41, 5.74) is 6.07. The maximum absolute atomic E-state index is 11.7. The van der Waals surface area contributed by atoms with E-state index in [1.165, 1.54) is 0 Å². The van der Waals surface area contributed by atoms with E-state index in [-0.39, 0.29) is 13.2 Å². The van der Waals surface area contributed by atoms with Gasteiger partial charge in [-0.05, 0) is 6.07 Å². The lowest BCUT2D eigenvalue weighted by Gasteiger charge is -2.12. The topological polar surface area (TPSA) is 44.5 Å². The van der Waals surface area contributed by atoms with Crippen molar-refractivity contribution in [1.29, 1.82) is 0 Å². The molecule has 0 spiro atoms. The zero-order chi connectivity index (χ0) is 12.9. The summed E-state index contributed by atoms with van der Waals surface area (Å²) in [6, 6.07) is 4.94. The number of hydrogen-bond acceptors (Lipinski definition) is 3. The molecular formula is C10H11ClF3NO2. The Bertz CT molecular complexity index is 371. The summed E-state index contributed by atoms with van der Waals surface area (Å²) in [5.74, 6) is 0.294. The standard InChI is InChI=1S/C10H11ClF3NO2/c11-8-3-1-2-7(6-15)9(8)16-4-5-17-10(12,13)14/h1-3H,4-6,15H2. The van der Waals surface area contributed by atoms with Crippen LogP contribution < -0.4 is 10.5 Å². The van der Waals surface area contributed by atoms with Crippen molar-refractivity contribution in [2.75, 3.05) is 13.2 Å². The number of benzene rings is 1. The highest BCUT2D eigenvalue weighted by atomic mass is 35.5. The van der Waals surface area contributed by atoms with Gasteiger partial charge in [-0.1, -0.05) is 23.7 Å². The molecular weight excluding hydrogens is 259 g/mol. The summed E-state index contributed by atoms with van der Waals surface area (Å²) < 4.78 is 43.7. The van der Waals surface area contributed by atoms with Crippen molar-refractivity contribution in [3.63, 3.8) is 0 Å². The van der Waals surface area contributed by atoms with Crippen LogP contribution in [0.25, 0.3) is 0 Å². The predicted molar refractivity (Wildman–Crippen MR) is 56.8 cm³/mol. The first-order valence-corrected chi connectivity index (χ1v) is 5.13. The van der Waals surface area contributed by atoms with E-state index < -0.39 is 13.0 Å². The van der Waals surface area contributed by atoms with E-state index in [9.17, 15) is 13.2 Å². The molecule has 1 aromatic carbocycles. The zero-order valence-corrected chi connectivity index (χ0v) is 9.52. The summed E-state index contributed by atoms with van der Waals surface area (Å²) >= 11 is 5.83. The first-order valence-electron chi connectivity index (χ1n) is 4.75. The van der Waals surface area contributed by atoms with Crippen LogP contribution in [0.4, 0.5) is 13.2 Å². The molecule has 0 radical (unpaired) electrons. The molecule has 0 unspecified atom stereocenters. The van der Waals surface area contributed by atoms with Crippen LogP contribution in [0.5, 0.6) is 5.75 Å². The van der Waals surface area contributed by atoms with Crippen LogP contribution in [-0.2, 0) is 11.3 Å². The van der Waals surface area contributed by atoms with Gasteiger partial charge >= 0.3 is 6.36 Å². The summed E-state index contributed by atoms with van der Waals surface area (Å²) in [4.78, 5) is 0. The van der Waals surface area contributed by atoms with Gasteiger partial charge in [-0.3, -0.25) is 4.74 Å². The van der Waals surface area contributed by atoms with Gasteiger partial charge < -0.3 is 10.5 Å². The number of para-hydroxylation sites is 1. The van der Waals surface area contributed by atoms with Crippen LogP contribution in [0.2, 0.25) is 5.02 Å². The lowest BCUT2D eigenvalue weighted by atomic mass is 10.2. The predicted octanol–water partition coefficient (Wildman–Crippen LogP) is 2.71. The molecule has 1 aromatic rings. The molecule has 0 fully saturated rings. The molecule has 2 N–H and O–H groups in total. The second-order valence-corrected chi connectivity index (χ2v) is 3.48. The van der Waals surface area contributed by atoms with Gasteiger partial charge in [-0.2, -0.15) is 0 Å². The first-order chi connectivity index (χ1) is 7.94. The summed E-state index contributed by atoms with van der Waals surface area (Å²) in [7, 11) is 0. The van der Waals surface area contributed by atoms with Crippen LogP contribution >= 0.6 is 11.6 Å². The Hall–Kier alpha value is -0.980. The number of halogens is 4. The van der Waals surface area contributed by atoms with E-state index in [2.05, 4.69) is 4.74 Å². The monoisotopic (exact) mass is 269 g/mol. The second-order valence-electron chi connectivity index (χ2n) is 3.07. The van der Waals surface area contributed by atoms with Crippen LogP contribution in [0, 0.1) is 0 Å². The summed E-state index contributed by atoms with van der Waals surface area (Å²) in [6.45, 7) is -0.662. The number of hydrogen-bond donors (Lipinski definition) is 1. The Morgan fingerprint density at radius 1 is 1.24 bits per heavy atom. The molecule has 0 atom stereocenters. The largest absolute Gasteiger partial charge is 0.522 e. The lowest BCUT2D eigenvalue weighted by Crippen LogP contribution is -2.18. The quantitative estimate of drug-likeness (QED) is 0.836. The summed E-state index contributed by atoms with van der Waals surface area (Å²) in [5, 5.41) is 0.306. The Morgan fingerprint density at radius 2 is 1.94 bits per heavy atom. The minimum absolute atomic E-state index is 0.190. The third kappa shape index (κ3) is 4.80. The third-order valence-corrected chi connectivity index (χ3v) is 2.16. The van der Waals surface area contributed by atoms with Crippen LogP contribution in [0.1, 0.15) is 5.56 Å². The van der Waals surface area contributed by atoms with Crippen molar-refractivity contribution in [3.05, 3.63) is 28.8 Å². The highest BCUT2D eigenvalue weighted by Gasteiger charge is 2.28. The molecule has 0 aromatic heterocycles. The van der Waals surface area contributed by atoms with Gasteiger partial charge in [-0.25, -0.2) is 0 Å². The van der Waals surface area contributed by atoms with Crippen molar-refractivity contribution < 1.29 is 22.6 Å². The van der Waals surface area contributed by atoms with Gasteiger partial charge in [0.1, 0.15) is 12.4 Å². The van der Waals surface area contributed by atoms with Gasteiger partial charge in [0.05, 0.1) is 11.6 Å². The average Bonchev–Trinajstić information content (AvgIpc) is 2.24. The number of rotatable bonds is 5. The van der Waals surface area contributed by atoms with E-state index in [4.69, 9.17) is 22.1 Å². The van der Waals surface area contributed by atoms with E-state index >= 15 is 0 Å². The van der Waals surface area contributed by atoms with E-state index in [0.29, 0.717) is 16.3 Å². The maximum atomic E-state index is 11.7. The Morgan fingerprint density at radius 3 is 2.53 bits per heavy atom. The molecule has 0 bridgehead atoms. The van der Waals surface area contributed by atoms with Crippen molar-refractivity contribution >= 4 is 11.6 Å². The number of nitrogens with two attached hydrogens (primary N) is 1. The lowest BCUT2D eigenvalue weighted by molar-refractivity contribution is -0.325. The Balaban J connectivity index is 2.52. The molecule has 0 aliphatic carbocycles. The van der Waals surface area contributed by atoms with Crippen LogP contribution in [0.15, 0.2) is 18.2 Å². The molecule has 0 saturated carbocycles. The molecule has 0 amide bonds. The SMILES string of the molecule is NCc1cccc(Cl)c1OCCOC(F)(F)F. The van der Waals surface area contributed by atoms with Gasteiger partial charge in [0.2, 0.25) is 0 Å². The third-order valence-electron chi connectivity index (χ3n) is 1.86. The molecule has 0 aliphatic heterocycles. The Labute approximate surface area is 101 Å². The van der Waals surface area contributed by atoms with Crippen molar-refractivity contribution in [3.8, 4) is 5.75 Å². The molecule has 0 saturated heterocycles. The first kappa shape index (κ1) is 14.1. The number of alkyl halides is 3. The minimum Gasteiger partial charge on any atom is -0.489 e. The molecule has 1 rings (SSSR count). The molecule has 7 heteroatoms. The average molecular weight is 270 g/mol. The maximum Gasteiger partial charge on any atom is 0.522 e. The van der Waals surface area contributed by atoms with Crippen molar-refractivity contribution in [2.45, 2.75) is 12.9 Å². The number of ether oxygens (including phenoxy) is 2. The van der Waals surface area contributed by atoms with Gasteiger partial charge in [-0.15, -0.1) is 13.2 Å². The highest BCUT2D eigenvalue weighted by Crippen LogP contribution is 2.28. The summed E-state index contributed by atoms with van der Waals surface area (Å²) in [6.07, 6.45) is -4.65. The van der Waals surface area contributed by atoms with Gasteiger partial charge in [0.25, 0.3) is 0 Å². The van der Waals surface area contributed by atoms with Crippen molar-refractivity contribution in [2.24, 2.45) is 5.73 Å². The van der Waals surface area contributed by atoms with E-state index in [1.54, 1.807) is 18.2 Å². The van der Waals surface area contributed by atoms with Crippen LogP contribution in [-0.4, -0.2) is 19.6 Å². The second kappa shape index (κ2) is 6.09. The van der Waals surface area contributed by atoms with Crippen LogP contribution in [0.3, 0.4) is 0 Å². The minimum atomic E-state index is -4.65. The normalized spacial score (nSPS) is 11.6. The fourth-order valence-corrected chi connectivity index (χ4v) is 1.43. The highest BCUT2D eigenvalue weighted by molar-refractivity contribution is 6.32. The smallest absolute Gasteiger partial charge is 0.489 e. The van der Waals surface area contributed by atoms with Crippen molar-refractivity contribution in [1.82, 2.24) is 0 Å². The van der Waals surface area contributed by atoms with Gasteiger partial charge in [0, 0.05) is 12.1 Å². The zero-order valence-electron chi connectivity index (χ0n) is 8.76. The fraction of sp³-hybridized carbons (Fsp3) is 0.400.